The van der Waals surface area contributed by atoms with Crippen molar-refractivity contribution >= 4 is 29.5 Å². The van der Waals surface area contributed by atoms with E-state index in [9.17, 15) is 116 Å². The van der Waals surface area contributed by atoms with Crippen LogP contribution in [-0.4, -0.2) is 397 Å². The van der Waals surface area contributed by atoms with Gasteiger partial charge in [-0.05, 0) is 39.7 Å². The number of likely N-dealkylation sites (N-methyl/N-ethyl adjacent to an activating group) is 1. The molecule has 5 aliphatic rings. The van der Waals surface area contributed by atoms with Crippen LogP contribution in [0.2, 0.25) is 0 Å². The number of ether oxygens (including phenoxy) is 10. The van der Waals surface area contributed by atoms with E-state index in [0.29, 0.717) is 38.5 Å². The van der Waals surface area contributed by atoms with Crippen molar-refractivity contribution in [3.63, 3.8) is 0 Å². The highest BCUT2D eigenvalue weighted by Crippen LogP contribution is 2.32. The number of unbranched alkanes of at least 4 members (excludes halogenated alkanes) is 4. The predicted octanol–water partition coefficient (Wildman–Crippen LogP) is -13.2. The monoisotopic (exact) mass is 1380 g/mol. The highest BCUT2D eigenvalue weighted by Gasteiger charge is 2.53. The summed E-state index contributed by atoms with van der Waals surface area (Å²) in [4.78, 5) is 67.1. The van der Waals surface area contributed by atoms with Gasteiger partial charge in [0.25, 0.3) is 0 Å². The van der Waals surface area contributed by atoms with Crippen molar-refractivity contribution in [2.45, 2.75) is 218 Å². The lowest BCUT2D eigenvalue weighted by atomic mass is 9.96. The molecule has 552 valence electrons. The average Bonchev–Trinajstić information content (AvgIpc) is 0.803. The van der Waals surface area contributed by atoms with Gasteiger partial charge in [-0.25, -0.2) is 0 Å². The van der Waals surface area contributed by atoms with Crippen LogP contribution in [0, 0.1) is 0 Å². The molecule has 95 heavy (non-hydrogen) atoms. The van der Waals surface area contributed by atoms with Crippen LogP contribution in [0.4, 0.5) is 0 Å². The molecule has 5 aliphatic heterocycles. The maximum atomic E-state index is 13.4. The van der Waals surface area contributed by atoms with E-state index in [2.05, 4.69) is 21.3 Å². The molecule has 5 fully saturated rings. The van der Waals surface area contributed by atoms with Gasteiger partial charge in [0, 0.05) is 45.6 Å². The number of aliphatic hydroxyl groups is 18. The summed E-state index contributed by atoms with van der Waals surface area (Å²) < 4.78 is 55.2. The smallest absolute Gasteiger partial charge is 0.242 e. The zero-order valence-electron chi connectivity index (χ0n) is 52.8. The molecule has 5 saturated heterocycles. The molecule has 0 bridgehead atoms. The Bertz CT molecular complexity index is 2230. The van der Waals surface area contributed by atoms with Gasteiger partial charge in [0.15, 0.2) is 31.5 Å². The normalized spacial score (nSPS) is 36.3. The Balaban J connectivity index is 0.940. The molecule has 0 saturated carbocycles. The minimum absolute atomic E-state index is 0.00735. The van der Waals surface area contributed by atoms with Crippen molar-refractivity contribution in [2.75, 3.05) is 106 Å². The second-order valence-corrected chi connectivity index (χ2v) is 23.8. The van der Waals surface area contributed by atoms with E-state index in [1.165, 1.54) is 23.8 Å². The van der Waals surface area contributed by atoms with Gasteiger partial charge in [0.1, 0.15) is 128 Å². The molecule has 5 heterocycles. The second kappa shape index (κ2) is 41.1. The topological polar surface area (TPSA) is 596 Å². The fourth-order valence-corrected chi connectivity index (χ4v) is 10.7. The van der Waals surface area contributed by atoms with Crippen molar-refractivity contribution in [1.82, 2.24) is 31.1 Å². The summed E-state index contributed by atoms with van der Waals surface area (Å²) in [7, 11) is 1.53. The first kappa shape index (κ1) is 81.9. The molecular formula is C56H100N6O33. The molecular weight excluding hydrogens is 1280 g/mol. The predicted molar refractivity (Wildman–Crippen MR) is 312 cm³/mol. The van der Waals surface area contributed by atoms with E-state index in [-0.39, 0.29) is 96.2 Å². The maximum Gasteiger partial charge on any atom is 0.242 e. The Morgan fingerprint density at radius 1 is 0.411 bits per heavy atom. The number of amides is 5. The Kier molecular flexibility index (Phi) is 35.4. The molecule has 5 rings (SSSR count). The summed E-state index contributed by atoms with van der Waals surface area (Å²) in [5.41, 5.74) is 0. The molecule has 0 aliphatic carbocycles. The van der Waals surface area contributed by atoms with E-state index in [1.54, 1.807) is 0 Å². The molecule has 22 N–H and O–H groups in total. The molecule has 0 aromatic carbocycles. The summed E-state index contributed by atoms with van der Waals surface area (Å²) >= 11 is 0. The van der Waals surface area contributed by atoms with Gasteiger partial charge in [-0.2, -0.15) is 0 Å². The first-order valence-corrected chi connectivity index (χ1v) is 31.6. The molecule has 0 spiro atoms. The van der Waals surface area contributed by atoms with E-state index in [4.69, 9.17) is 47.4 Å². The van der Waals surface area contributed by atoms with Crippen molar-refractivity contribution in [3.05, 3.63) is 0 Å². The van der Waals surface area contributed by atoms with Crippen LogP contribution in [0.5, 0.6) is 0 Å². The summed E-state index contributed by atoms with van der Waals surface area (Å²) in [6.07, 6.45) is -38.5. The molecule has 5 amide bonds. The number of aliphatic hydroxyl groups excluding tert-OH is 18. The zero-order valence-corrected chi connectivity index (χ0v) is 52.8. The molecule has 0 aromatic heterocycles. The Morgan fingerprint density at radius 3 is 1.31 bits per heavy atom. The fraction of sp³-hybridized carbons (Fsp3) is 0.911. The number of hydrogen-bond donors (Lipinski definition) is 22. The van der Waals surface area contributed by atoms with Crippen molar-refractivity contribution in [3.8, 4) is 0 Å². The first-order valence-electron chi connectivity index (χ1n) is 31.6. The van der Waals surface area contributed by atoms with Crippen LogP contribution < -0.4 is 21.3 Å². The summed E-state index contributed by atoms with van der Waals surface area (Å²) in [5, 5.41) is 194. The number of rotatable bonds is 39. The van der Waals surface area contributed by atoms with Gasteiger partial charge < -0.3 is 165 Å². The number of carbonyl (C=O) groups is 5. The standard InChI is InChI=1S/C56H100N6O33/c1-26(51(85)59-12-8-4-6-10-35(70)62(14-17-87-52-45(80)41(76)36(71)27(21-63)90-52)15-18-88-53-46(81)42(77)37(72)28(22-64)91-53)60-34(69)20-61(2)19-33(68)57-11-7-3-5-9-32(67)58-13-16-86-55-49(84)50(95-56-48(83)44(79)39(74)30(24-66)93-56)40(75)31(94-55)25-89-54-47(82)43(78)38(73)29(23-65)92-54/h26-31,36-50,52-56,63-66,71-84H,3-25H2,1-2H3,(H,57,68)(H,58,67)(H,59,85)(H,60,69)/t26-,27+,28+,29+,30+,31+,36+,37+,38+,39+,40+,41-,42-,43-,44-,45-,46-,47-,48-,49-,50-,52-,53-,54-,55-,56+/m0/s1. The minimum atomic E-state index is -1.95. The summed E-state index contributed by atoms with van der Waals surface area (Å²) in [5.74, 6) is -2.18. The highest BCUT2D eigenvalue weighted by molar-refractivity contribution is 5.88. The van der Waals surface area contributed by atoms with Crippen LogP contribution in [0.1, 0.15) is 58.3 Å². The number of nitrogens with zero attached hydrogens (tertiary/aromatic N) is 2. The van der Waals surface area contributed by atoms with Crippen LogP contribution in [0.25, 0.3) is 0 Å². The van der Waals surface area contributed by atoms with Crippen molar-refractivity contribution < 1.29 is 163 Å². The van der Waals surface area contributed by atoms with Crippen LogP contribution in [-0.2, 0) is 71.3 Å². The SMILES string of the molecule is C[C@H](NC(=O)CN(C)CC(=O)NCCCCCC(=O)NCCO[C@H]1O[C@H](CO[C@H]2O[C@H](CO)[C@@H](O)[C@H](O)[C@@H]2O)[C@@H](O)[C@H](O[C@H]2O[C@H](CO)[C@@H](O)[C@H](O)[C@@H]2O)[C@@H]1O)C(=O)NCCCCCC(=O)N(CCO[C@H]1O[C@H](CO)[C@@H](O)[C@H](O)[C@@H]1O)CCO[C@H]1O[C@H](CO)[C@@H](O)[C@H](O)[C@@H]1O. The number of carbonyl (C=O) groups excluding carboxylic acids is 5. The zero-order chi connectivity index (χ0) is 70.2. The molecule has 26 atom stereocenters. The molecule has 0 aromatic rings. The molecule has 0 unspecified atom stereocenters. The summed E-state index contributed by atoms with van der Waals surface area (Å²) in [6, 6.07) is -0.946. The largest absolute Gasteiger partial charge is 0.394 e. The lowest BCUT2D eigenvalue weighted by Crippen LogP contribution is -2.65. The highest BCUT2D eigenvalue weighted by atomic mass is 16.8. The minimum Gasteiger partial charge on any atom is -0.394 e. The summed E-state index contributed by atoms with van der Waals surface area (Å²) in [6.45, 7) is -3.25. The third-order valence-electron chi connectivity index (χ3n) is 16.5. The average molecular weight is 1390 g/mol. The first-order chi connectivity index (χ1) is 45.2. The molecule has 39 heteroatoms. The third kappa shape index (κ3) is 24.2. The number of nitrogens with one attached hydrogen (secondary N) is 4. The van der Waals surface area contributed by atoms with Gasteiger partial charge in [0.05, 0.1) is 65.9 Å². The second-order valence-electron chi connectivity index (χ2n) is 23.8. The van der Waals surface area contributed by atoms with Crippen LogP contribution >= 0.6 is 0 Å². The fourth-order valence-electron chi connectivity index (χ4n) is 10.7. The number of hydrogen-bond acceptors (Lipinski definition) is 34. The van der Waals surface area contributed by atoms with E-state index < -0.39 is 204 Å². The molecule has 0 radical (unpaired) electrons. The Morgan fingerprint density at radius 2 is 0.811 bits per heavy atom. The van der Waals surface area contributed by atoms with Gasteiger partial charge >= 0.3 is 0 Å². The lowest BCUT2D eigenvalue weighted by Gasteiger charge is -2.46. The lowest BCUT2D eigenvalue weighted by molar-refractivity contribution is -0.366. The van der Waals surface area contributed by atoms with Crippen molar-refractivity contribution in [2.24, 2.45) is 0 Å². The third-order valence-corrected chi connectivity index (χ3v) is 16.5. The Hall–Kier alpha value is -3.81. The van der Waals surface area contributed by atoms with E-state index in [0.717, 1.165) is 0 Å². The van der Waals surface area contributed by atoms with Crippen molar-refractivity contribution in [1.29, 1.82) is 0 Å². The van der Waals surface area contributed by atoms with Gasteiger partial charge in [-0.3, -0.25) is 28.9 Å². The molecule has 39 nitrogen and oxygen atoms in total. The van der Waals surface area contributed by atoms with Crippen LogP contribution in [0.15, 0.2) is 0 Å². The quantitative estimate of drug-likeness (QED) is 0.0254. The van der Waals surface area contributed by atoms with Gasteiger partial charge in [-0.15, -0.1) is 0 Å². The van der Waals surface area contributed by atoms with Crippen LogP contribution in [0.3, 0.4) is 0 Å². The van der Waals surface area contributed by atoms with Gasteiger partial charge in [0.2, 0.25) is 29.5 Å². The maximum absolute atomic E-state index is 13.4. The van der Waals surface area contributed by atoms with E-state index in [1.807, 2.05) is 0 Å². The van der Waals surface area contributed by atoms with Gasteiger partial charge in [-0.1, -0.05) is 12.8 Å². The van der Waals surface area contributed by atoms with E-state index >= 15 is 0 Å². The Labute approximate surface area is 546 Å².